The second kappa shape index (κ2) is 60.5. The number of rotatable bonds is 66. The van der Waals surface area contributed by atoms with E-state index in [9.17, 15) is 43.2 Å². The summed E-state index contributed by atoms with van der Waals surface area (Å²) in [6, 6.07) is 0. The molecule has 0 aromatic heterocycles. The van der Waals surface area contributed by atoms with Crippen LogP contribution in [0.4, 0.5) is 0 Å². The Morgan fingerprint density at radius 1 is 0.371 bits per heavy atom. The fourth-order valence-electron chi connectivity index (χ4n) is 9.94. The highest BCUT2D eigenvalue weighted by Gasteiger charge is 2.30. The Labute approximate surface area is 542 Å². The van der Waals surface area contributed by atoms with Gasteiger partial charge in [-0.15, -0.1) is 0 Å². The normalized spacial score (nSPS) is 15.0. The summed E-state index contributed by atoms with van der Waals surface area (Å²) in [5.41, 5.74) is 0. The number of aliphatic hydroxyl groups is 1. The highest BCUT2D eigenvalue weighted by molar-refractivity contribution is 7.47. The molecule has 0 fully saturated rings. The van der Waals surface area contributed by atoms with E-state index in [0.29, 0.717) is 25.7 Å². The maximum absolute atomic E-state index is 13.0. The molecule has 0 heterocycles. The Bertz CT molecular complexity index is 1850. The lowest BCUT2D eigenvalue weighted by Crippen LogP contribution is -2.30. The summed E-state index contributed by atoms with van der Waals surface area (Å²) in [5.74, 6) is 0.0549. The monoisotopic (exact) mass is 1310 g/mol. The molecular weight excluding hydrogens is 1170 g/mol. The van der Waals surface area contributed by atoms with Crippen molar-refractivity contribution in [3.05, 3.63) is 24.3 Å². The molecule has 0 aromatic carbocycles. The highest BCUT2D eigenvalue weighted by atomic mass is 31.2. The van der Waals surface area contributed by atoms with E-state index in [1.165, 1.54) is 116 Å². The highest BCUT2D eigenvalue weighted by Crippen LogP contribution is 2.45. The Balaban J connectivity index is 5.30. The number of ether oxygens (including phenoxy) is 4. The van der Waals surface area contributed by atoms with E-state index in [4.69, 9.17) is 37.0 Å². The van der Waals surface area contributed by atoms with Gasteiger partial charge in [-0.25, -0.2) is 9.13 Å². The first-order valence-corrected chi connectivity index (χ1v) is 38.7. The Hall–Kier alpha value is -2.46. The van der Waals surface area contributed by atoms with E-state index < -0.39 is 97.5 Å². The number of phosphoric acid groups is 2. The Morgan fingerprint density at radius 2 is 0.663 bits per heavy atom. The number of unbranched alkanes of at least 4 members (excludes halogenated alkanes) is 29. The number of hydrogen-bond acceptors (Lipinski definition) is 15. The van der Waals surface area contributed by atoms with Crippen molar-refractivity contribution in [1.29, 1.82) is 0 Å². The van der Waals surface area contributed by atoms with Crippen LogP contribution >= 0.6 is 15.6 Å². The van der Waals surface area contributed by atoms with Crippen LogP contribution in [-0.4, -0.2) is 96.7 Å². The van der Waals surface area contributed by atoms with Gasteiger partial charge in [0, 0.05) is 25.7 Å². The molecule has 0 aliphatic heterocycles. The fourth-order valence-corrected chi connectivity index (χ4v) is 11.5. The van der Waals surface area contributed by atoms with Gasteiger partial charge in [-0.1, -0.05) is 272 Å². The molecule has 89 heavy (non-hydrogen) atoms. The summed E-state index contributed by atoms with van der Waals surface area (Å²) in [5, 5.41) is 10.6. The van der Waals surface area contributed by atoms with Gasteiger partial charge in [-0.2, -0.15) is 0 Å². The number of carbonyl (C=O) groups is 4. The summed E-state index contributed by atoms with van der Waals surface area (Å²) in [6.45, 7) is 11.7. The molecule has 4 unspecified atom stereocenters. The fraction of sp³-hybridized carbons (Fsp3) is 0.886. The third kappa shape index (κ3) is 61.5. The van der Waals surface area contributed by atoms with Gasteiger partial charge in [0.1, 0.15) is 19.3 Å². The van der Waals surface area contributed by atoms with Crippen molar-refractivity contribution in [2.45, 2.75) is 343 Å². The summed E-state index contributed by atoms with van der Waals surface area (Å²) < 4.78 is 68.2. The van der Waals surface area contributed by atoms with E-state index >= 15 is 0 Å². The second-order valence-corrected chi connectivity index (χ2v) is 28.5. The largest absolute Gasteiger partial charge is 0.472 e. The topological polar surface area (TPSA) is 237 Å². The van der Waals surface area contributed by atoms with Gasteiger partial charge in [0.15, 0.2) is 12.2 Å². The minimum atomic E-state index is -4.96. The molecular formula is C70H132O17P2. The number of carbonyl (C=O) groups excluding carboxylic acids is 4. The van der Waals surface area contributed by atoms with Gasteiger partial charge in [0.05, 0.1) is 26.4 Å². The number of aliphatic hydroxyl groups excluding tert-OH is 1. The lowest BCUT2D eigenvalue weighted by Gasteiger charge is -2.21. The van der Waals surface area contributed by atoms with Crippen molar-refractivity contribution in [1.82, 2.24) is 0 Å². The number of esters is 4. The molecule has 524 valence electrons. The van der Waals surface area contributed by atoms with Crippen molar-refractivity contribution in [3.8, 4) is 0 Å². The number of phosphoric ester groups is 2. The Morgan fingerprint density at radius 3 is 1.00 bits per heavy atom. The lowest BCUT2D eigenvalue weighted by molar-refractivity contribution is -0.161. The summed E-state index contributed by atoms with van der Waals surface area (Å²) in [6.07, 6.45) is 46.7. The van der Waals surface area contributed by atoms with Gasteiger partial charge in [0.25, 0.3) is 0 Å². The van der Waals surface area contributed by atoms with E-state index in [2.05, 4.69) is 72.8 Å². The molecule has 0 radical (unpaired) electrons. The summed E-state index contributed by atoms with van der Waals surface area (Å²) in [4.78, 5) is 72.5. The molecule has 0 amide bonds. The Kier molecular flexibility index (Phi) is 58.8. The molecule has 0 aliphatic carbocycles. The zero-order chi connectivity index (χ0) is 65.9. The molecule has 7 atom stereocenters. The SMILES string of the molecule is CCCCCC/C=C\C=C/CCCCCCCC(=O)O[C@H](COC(=O)CCCCCCCCCCCCCC(C)C)COP(=O)(O)OC[C@@H](O)COP(=O)(O)OC[C@@H](COC(=O)CCCCCCCCC(C)CC)OC(=O)CCCCCCCCC(C)CC. The zero-order valence-electron chi connectivity index (χ0n) is 57.4. The van der Waals surface area contributed by atoms with Gasteiger partial charge < -0.3 is 33.8 Å². The smallest absolute Gasteiger partial charge is 0.462 e. The van der Waals surface area contributed by atoms with Crippen LogP contribution < -0.4 is 0 Å². The van der Waals surface area contributed by atoms with Crippen LogP contribution in [0.15, 0.2) is 24.3 Å². The average molecular weight is 1310 g/mol. The van der Waals surface area contributed by atoms with Crippen molar-refractivity contribution in [2.75, 3.05) is 39.6 Å². The first-order chi connectivity index (χ1) is 42.8. The standard InChI is InChI=1S/C70H132O17P2/c1-8-11-12-13-14-15-16-17-18-19-22-26-29-39-46-53-69(74)86-65(57-80-67(72)51-44-37-28-25-23-20-21-24-27-34-41-48-61(4)5)59-84-88(76,77)82-55-64(71)56-83-89(78,79)85-60-66(87-70(75)54-47-40-33-31-36-43-50-63(7)10-3)58-81-68(73)52-45-38-32-30-35-42-49-62(6)9-2/h15-18,61-66,71H,8-14,19-60H2,1-7H3,(H,76,77)(H,78,79)/b16-15-,18-17-/t62?,63?,64-,65-,66-/m1/s1. The zero-order valence-corrected chi connectivity index (χ0v) is 59.2. The van der Waals surface area contributed by atoms with Crippen LogP contribution in [0, 0.1) is 17.8 Å². The van der Waals surface area contributed by atoms with E-state index in [0.717, 1.165) is 127 Å². The van der Waals surface area contributed by atoms with Crippen LogP contribution in [-0.2, 0) is 65.4 Å². The van der Waals surface area contributed by atoms with Gasteiger partial charge in [-0.3, -0.25) is 37.3 Å². The summed E-state index contributed by atoms with van der Waals surface area (Å²) >= 11 is 0. The van der Waals surface area contributed by atoms with E-state index in [-0.39, 0.29) is 25.7 Å². The van der Waals surface area contributed by atoms with Crippen LogP contribution in [0.1, 0.15) is 325 Å². The minimum Gasteiger partial charge on any atom is -0.462 e. The maximum atomic E-state index is 13.0. The van der Waals surface area contributed by atoms with E-state index in [1.54, 1.807) is 0 Å². The van der Waals surface area contributed by atoms with Crippen molar-refractivity contribution in [2.24, 2.45) is 17.8 Å². The van der Waals surface area contributed by atoms with Crippen LogP contribution in [0.2, 0.25) is 0 Å². The van der Waals surface area contributed by atoms with Crippen LogP contribution in [0.25, 0.3) is 0 Å². The van der Waals surface area contributed by atoms with Gasteiger partial charge in [-0.05, 0) is 69.1 Å². The molecule has 17 nitrogen and oxygen atoms in total. The second-order valence-electron chi connectivity index (χ2n) is 25.5. The molecule has 19 heteroatoms. The minimum absolute atomic E-state index is 0.0842. The molecule has 0 rings (SSSR count). The van der Waals surface area contributed by atoms with Gasteiger partial charge >= 0.3 is 39.5 Å². The third-order valence-corrected chi connectivity index (χ3v) is 18.1. The van der Waals surface area contributed by atoms with Crippen molar-refractivity contribution < 1.29 is 80.2 Å². The first-order valence-electron chi connectivity index (χ1n) is 35.7. The van der Waals surface area contributed by atoms with E-state index in [1.807, 2.05) is 0 Å². The third-order valence-electron chi connectivity index (χ3n) is 16.2. The summed E-state index contributed by atoms with van der Waals surface area (Å²) in [7, 11) is -9.91. The molecule has 0 aliphatic rings. The maximum Gasteiger partial charge on any atom is 0.472 e. The van der Waals surface area contributed by atoms with Crippen LogP contribution in [0.5, 0.6) is 0 Å². The quantitative estimate of drug-likeness (QED) is 0.0169. The van der Waals surface area contributed by atoms with Crippen LogP contribution in [0.3, 0.4) is 0 Å². The molecule has 0 bridgehead atoms. The van der Waals surface area contributed by atoms with Gasteiger partial charge in [0.2, 0.25) is 0 Å². The molecule has 0 saturated carbocycles. The number of hydrogen-bond donors (Lipinski definition) is 3. The predicted octanol–water partition coefficient (Wildman–Crippen LogP) is 19.4. The molecule has 0 aromatic rings. The average Bonchev–Trinajstić information content (AvgIpc) is 3.70. The molecule has 0 saturated heterocycles. The lowest BCUT2D eigenvalue weighted by atomic mass is 10.00. The number of allylic oxidation sites excluding steroid dienone is 4. The molecule has 3 N–H and O–H groups in total. The van der Waals surface area contributed by atoms with Crippen molar-refractivity contribution in [3.63, 3.8) is 0 Å². The van der Waals surface area contributed by atoms with Crippen molar-refractivity contribution >= 4 is 39.5 Å². The predicted molar refractivity (Wildman–Crippen MR) is 358 cm³/mol. The first kappa shape index (κ1) is 86.5. The molecule has 0 spiro atoms.